The molecule has 7 heteroatoms. The summed E-state index contributed by atoms with van der Waals surface area (Å²) in [7, 11) is 0. The fraction of sp³-hybridized carbons (Fsp3) is 0.533. The van der Waals surface area contributed by atoms with Gasteiger partial charge in [0.05, 0.1) is 0 Å². The number of hydrogen-bond donors (Lipinski definition) is 5. The summed E-state index contributed by atoms with van der Waals surface area (Å²) in [5.41, 5.74) is 2.40. The van der Waals surface area contributed by atoms with Gasteiger partial charge in [0.1, 0.15) is 6.17 Å². The lowest BCUT2D eigenvalue weighted by Crippen LogP contribution is -2.27. The zero-order chi connectivity index (χ0) is 15.7. The smallest absolute Gasteiger partial charge is 0.126 e. The Morgan fingerprint density at radius 3 is 2.36 bits per heavy atom. The molecule has 1 saturated heterocycles. The van der Waals surface area contributed by atoms with Crippen molar-refractivity contribution >= 4 is 68.5 Å². The van der Waals surface area contributed by atoms with Crippen LogP contribution in [0.1, 0.15) is 42.5 Å². The Balaban J connectivity index is 2.16. The van der Waals surface area contributed by atoms with E-state index in [0.717, 1.165) is 43.9 Å². The zero-order valence-electron chi connectivity index (χ0n) is 12.1. The summed E-state index contributed by atoms with van der Waals surface area (Å²) >= 11 is 20.8. The number of rotatable bonds is 2. The van der Waals surface area contributed by atoms with Crippen molar-refractivity contribution in [3.8, 4) is 0 Å². The maximum Gasteiger partial charge on any atom is 0.126 e. The molecule has 0 saturated carbocycles. The normalized spacial score (nSPS) is 25.5. The highest BCUT2D eigenvalue weighted by atomic mass is 32.2. The van der Waals surface area contributed by atoms with Crippen LogP contribution in [0.3, 0.4) is 0 Å². The van der Waals surface area contributed by atoms with Gasteiger partial charge in [0, 0.05) is 43.7 Å². The van der Waals surface area contributed by atoms with Crippen molar-refractivity contribution in [2.75, 3.05) is 18.1 Å². The second-order valence-corrected chi connectivity index (χ2v) is 8.55. The Bertz CT molecular complexity index is 596. The Labute approximate surface area is 158 Å². The van der Waals surface area contributed by atoms with Crippen LogP contribution in [0.25, 0.3) is 0 Å². The van der Waals surface area contributed by atoms with Crippen LogP contribution in [0.5, 0.6) is 0 Å². The highest BCUT2D eigenvalue weighted by Gasteiger charge is 2.29. The molecule has 2 heterocycles. The van der Waals surface area contributed by atoms with E-state index in [2.05, 4.69) is 35.6 Å². The fourth-order valence-corrected chi connectivity index (χ4v) is 5.65. The first-order valence-electron chi connectivity index (χ1n) is 7.43. The van der Waals surface area contributed by atoms with Crippen molar-refractivity contribution in [3.05, 3.63) is 11.1 Å². The summed E-state index contributed by atoms with van der Waals surface area (Å²) < 4.78 is 0. The number of nitrogens with one attached hydrogen (secondary N) is 1. The summed E-state index contributed by atoms with van der Waals surface area (Å²) in [6.07, 6.45) is 5.36. The van der Waals surface area contributed by atoms with E-state index in [1.165, 1.54) is 24.2 Å². The van der Waals surface area contributed by atoms with Crippen molar-refractivity contribution in [3.63, 3.8) is 0 Å². The topological polar surface area (TPSA) is 24.4 Å². The molecule has 0 spiro atoms. The minimum atomic E-state index is -0.0473. The maximum atomic E-state index is 4.78. The molecule has 2 aliphatic heterocycles. The van der Waals surface area contributed by atoms with Crippen LogP contribution in [-0.2, 0) is 0 Å². The van der Waals surface area contributed by atoms with Gasteiger partial charge in [-0.1, -0.05) is 0 Å². The van der Waals surface area contributed by atoms with Gasteiger partial charge in [-0.05, 0) is 36.5 Å². The van der Waals surface area contributed by atoms with E-state index in [1.807, 2.05) is 18.0 Å². The van der Waals surface area contributed by atoms with E-state index < -0.39 is 0 Å². The number of hydrogen-bond acceptors (Lipinski definition) is 7. The van der Waals surface area contributed by atoms with Gasteiger partial charge in [-0.15, -0.1) is 50.5 Å². The molecule has 1 N–H and O–H groups in total. The second kappa shape index (κ2) is 7.66. The van der Waals surface area contributed by atoms with Gasteiger partial charge in [-0.25, -0.2) is 0 Å². The van der Waals surface area contributed by atoms with Crippen LogP contribution in [0, 0.1) is 0 Å². The fourth-order valence-electron chi connectivity index (χ4n) is 3.09. The lowest BCUT2D eigenvalue weighted by atomic mass is 9.90. The predicted molar refractivity (Wildman–Crippen MR) is 109 cm³/mol. The number of aliphatic imine (C=N–C) groups is 1. The first-order valence-corrected chi connectivity index (χ1v) is 10.4. The largest absolute Gasteiger partial charge is 0.292 e. The van der Waals surface area contributed by atoms with Gasteiger partial charge in [-0.3, -0.25) is 10.3 Å². The van der Waals surface area contributed by atoms with Crippen LogP contribution in [0.2, 0.25) is 0 Å². The molecular formula is C15H20N2S5. The summed E-state index contributed by atoms with van der Waals surface area (Å²) in [6.45, 7) is 0.937. The van der Waals surface area contributed by atoms with Gasteiger partial charge in [0.25, 0.3) is 0 Å². The first kappa shape index (κ1) is 17.4. The quantitative estimate of drug-likeness (QED) is 0.482. The van der Waals surface area contributed by atoms with Crippen molar-refractivity contribution in [2.45, 2.75) is 50.9 Å². The second-order valence-electron chi connectivity index (χ2n) is 5.61. The molecule has 2 aliphatic rings. The molecule has 120 valence electrons. The van der Waals surface area contributed by atoms with Crippen LogP contribution in [0.4, 0.5) is 0 Å². The molecule has 22 heavy (non-hydrogen) atoms. The minimum Gasteiger partial charge on any atom is -0.292 e. The highest BCUT2D eigenvalue weighted by Crippen LogP contribution is 2.46. The van der Waals surface area contributed by atoms with E-state index in [-0.39, 0.29) is 6.17 Å². The van der Waals surface area contributed by atoms with Gasteiger partial charge in [-0.2, -0.15) is 11.8 Å². The average molecular weight is 389 g/mol. The molecule has 2 atom stereocenters. The minimum absolute atomic E-state index is 0.0473. The van der Waals surface area contributed by atoms with Crippen LogP contribution >= 0.6 is 62.3 Å². The molecule has 0 radical (unpaired) electrons. The lowest BCUT2D eigenvalue weighted by molar-refractivity contribution is 0.519. The van der Waals surface area contributed by atoms with E-state index >= 15 is 0 Å². The van der Waals surface area contributed by atoms with Gasteiger partial charge in [0.2, 0.25) is 0 Å². The van der Waals surface area contributed by atoms with E-state index in [0.29, 0.717) is 5.92 Å². The van der Waals surface area contributed by atoms with Crippen molar-refractivity contribution in [2.24, 2.45) is 4.99 Å². The Morgan fingerprint density at radius 2 is 1.77 bits per heavy atom. The number of thiol groups is 4. The molecule has 1 aromatic rings. The first-order chi connectivity index (χ1) is 10.6. The SMILES string of the molecule is Sc1c(S)c(S)c(C2N=CCCN2)c(C2CCCSC2)c1S. The van der Waals surface area contributed by atoms with Crippen molar-refractivity contribution in [1.82, 2.24) is 5.32 Å². The van der Waals surface area contributed by atoms with Crippen molar-refractivity contribution in [1.29, 1.82) is 0 Å². The summed E-state index contributed by atoms with van der Waals surface area (Å²) in [6, 6.07) is 0. The van der Waals surface area contributed by atoms with Gasteiger partial charge < -0.3 is 0 Å². The third-order valence-corrected chi connectivity index (χ3v) is 7.75. The summed E-state index contributed by atoms with van der Waals surface area (Å²) in [5, 5.41) is 3.48. The molecule has 0 aromatic heterocycles. The monoisotopic (exact) mass is 388 g/mol. The molecule has 2 unspecified atom stereocenters. The summed E-state index contributed by atoms with van der Waals surface area (Å²) in [4.78, 5) is 8.08. The van der Waals surface area contributed by atoms with E-state index in [4.69, 9.17) is 25.3 Å². The van der Waals surface area contributed by atoms with E-state index in [1.54, 1.807) is 0 Å². The van der Waals surface area contributed by atoms with E-state index in [9.17, 15) is 0 Å². The molecule has 1 aromatic carbocycles. The standard InChI is InChI=1S/C15H20N2S5/c18-11-9(8-3-1-6-22-7-8)10(12(19)14(21)13(11)20)15-16-4-2-5-17-15/h4,8,15,17-21H,1-3,5-7H2. The molecule has 3 rings (SSSR count). The van der Waals surface area contributed by atoms with Crippen molar-refractivity contribution < 1.29 is 0 Å². The maximum absolute atomic E-state index is 4.78. The molecule has 0 amide bonds. The average Bonchev–Trinajstić information content (AvgIpc) is 2.57. The molecule has 0 aliphatic carbocycles. The summed E-state index contributed by atoms with van der Waals surface area (Å²) in [5.74, 6) is 2.87. The lowest BCUT2D eigenvalue weighted by Gasteiger charge is -2.31. The predicted octanol–water partition coefficient (Wildman–Crippen LogP) is 4.51. The molecule has 2 nitrogen and oxygen atoms in total. The van der Waals surface area contributed by atoms with Crippen LogP contribution < -0.4 is 5.32 Å². The number of benzene rings is 1. The van der Waals surface area contributed by atoms with Gasteiger partial charge in [0.15, 0.2) is 0 Å². The van der Waals surface area contributed by atoms with Crippen LogP contribution in [0.15, 0.2) is 24.6 Å². The molecule has 0 bridgehead atoms. The molecule has 1 fully saturated rings. The third-order valence-electron chi connectivity index (χ3n) is 4.18. The highest BCUT2D eigenvalue weighted by molar-refractivity contribution is 7.99. The molecular weight excluding hydrogens is 369 g/mol. The number of thioether (sulfide) groups is 1. The zero-order valence-corrected chi connectivity index (χ0v) is 16.5. The number of nitrogens with zero attached hydrogens (tertiary/aromatic N) is 1. The Morgan fingerprint density at radius 1 is 1.05 bits per heavy atom. The third kappa shape index (κ3) is 3.35. The Kier molecular flexibility index (Phi) is 6.06. The van der Waals surface area contributed by atoms with Crippen LogP contribution in [-0.4, -0.2) is 24.3 Å². The van der Waals surface area contributed by atoms with Gasteiger partial charge >= 0.3 is 0 Å². The Hall–Kier alpha value is 0.600.